The Kier molecular flexibility index (Phi) is 6.22. The van der Waals surface area contributed by atoms with Gasteiger partial charge in [0.15, 0.2) is 0 Å². The molecule has 1 rings (SSSR count). The maximum Gasteiger partial charge on any atom is 0.393 e. The molecule has 1 amide bonds. The zero-order chi connectivity index (χ0) is 17.1. The Labute approximate surface area is 127 Å². The molecule has 1 aliphatic heterocycles. The molecule has 0 aromatic heterocycles. The average Bonchev–Trinajstić information content (AvgIpc) is 2.82. The molecule has 0 aromatic rings. The van der Waals surface area contributed by atoms with Crippen LogP contribution in [0.5, 0.6) is 0 Å². The Morgan fingerprint density at radius 3 is 2.27 bits per heavy atom. The zero-order valence-corrected chi connectivity index (χ0v) is 13.0. The van der Waals surface area contributed by atoms with Gasteiger partial charge >= 0.3 is 12.1 Å². The molecular formula is C14H23F3N2O3. The fourth-order valence-corrected chi connectivity index (χ4v) is 2.53. The van der Waals surface area contributed by atoms with Crippen molar-refractivity contribution in [2.24, 2.45) is 17.8 Å². The van der Waals surface area contributed by atoms with E-state index in [-0.39, 0.29) is 12.5 Å². The minimum Gasteiger partial charge on any atom is -0.481 e. The van der Waals surface area contributed by atoms with Crippen molar-refractivity contribution in [1.82, 2.24) is 10.2 Å². The molecule has 5 nitrogen and oxygen atoms in total. The van der Waals surface area contributed by atoms with E-state index in [0.717, 1.165) is 6.42 Å². The van der Waals surface area contributed by atoms with Gasteiger partial charge in [-0.05, 0) is 19.3 Å². The summed E-state index contributed by atoms with van der Waals surface area (Å²) in [7, 11) is 0. The number of aliphatic carboxylic acids is 1. The van der Waals surface area contributed by atoms with Gasteiger partial charge < -0.3 is 10.4 Å². The number of carbonyl (C=O) groups is 2. The number of nitrogens with zero attached hydrogens (tertiary/aromatic N) is 1. The highest BCUT2D eigenvalue weighted by atomic mass is 19.4. The maximum absolute atomic E-state index is 12.9. The molecule has 0 saturated carbocycles. The van der Waals surface area contributed by atoms with Crippen LogP contribution >= 0.6 is 0 Å². The van der Waals surface area contributed by atoms with Crippen molar-refractivity contribution in [2.75, 3.05) is 19.6 Å². The highest BCUT2D eigenvalue weighted by Gasteiger charge is 2.53. The first kappa shape index (κ1) is 18.7. The average molecular weight is 324 g/mol. The quantitative estimate of drug-likeness (QED) is 0.781. The smallest absolute Gasteiger partial charge is 0.393 e. The molecule has 0 spiro atoms. The molecule has 0 aromatic carbocycles. The van der Waals surface area contributed by atoms with Crippen LogP contribution in [0.25, 0.3) is 0 Å². The lowest BCUT2D eigenvalue weighted by Crippen LogP contribution is -2.45. The first-order chi connectivity index (χ1) is 10.0. The van der Waals surface area contributed by atoms with E-state index in [2.05, 4.69) is 5.32 Å². The molecule has 1 heterocycles. The minimum atomic E-state index is -4.58. The van der Waals surface area contributed by atoms with Crippen LogP contribution in [-0.4, -0.2) is 53.7 Å². The van der Waals surface area contributed by atoms with E-state index in [0.29, 0.717) is 12.5 Å². The van der Waals surface area contributed by atoms with Crippen molar-refractivity contribution in [3.05, 3.63) is 0 Å². The van der Waals surface area contributed by atoms with Gasteiger partial charge in [-0.1, -0.05) is 13.8 Å². The van der Waals surface area contributed by atoms with Crippen molar-refractivity contribution >= 4 is 11.9 Å². The molecule has 0 radical (unpaired) electrons. The van der Waals surface area contributed by atoms with Crippen molar-refractivity contribution in [3.63, 3.8) is 0 Å². The molecule has 8 heteroatoms. The molecule has 22 heavy (non-hydrogen) atoms. The Hall–Kier alpha value is -1.31. The number of rotatable bonds is 6. The zero-order valence-electron chi connectivity index (χ0n) is 13.0. The number of hydrogen-bond acceptors (Lipinski definition) is 3. The largest absolute Gasteiger partial charge is 0.481 e. The second-order valence-electron chi connectivity index (χ2n) is 6.20. The van der Waals surface area contributed by atoms with Gasteiger partial charge in [0.25, 0.3) is 0 Å². The summed E-state index contributed by atoms with van der Waals surface area (Å²) < 4.78 is 38.7. The third-order valence-corrected chi connectivity index (χ3v) is 4.03. The summed E-state index contributed by atoms with van der Waals surface area (Å²) in [6, 6.07) is -0.777. The first-order valence-corrected chi connectivity index (χ1v) is 7.35. The third kappa shape index (κ3) is 4.86. The van der Waals surface area contributed by atoms with Crippen molar-refractivity contribution in [1.29, 1.82) is 0 Å². The predicted molar refractivity (Wildman–Crippen MR) is 74.2 cm³/mol. The molecule has 2 N–H and O–H groups in total. The van der Waals surface area contributed by atoms with Gasteiger partial charge in [-0.3, -0.25) is 14.5 Å². The molecule has 1 aliphatic rings. The minimum absolute atomic E-state index is 0.266. The normalized spacial score (nSPS) is 24.5. The fourth-order valence-electron chi connectivity index (χ4n) is 2.53. The van der Waals surface area contributed by atoms with E-state index < -0.39 is 36.6 Å². The van der Waals surface area contributed by atoms with Gasteiger partial charge in [0.1, 0.15) is 0 Å². The van der Waals surface area contributed by atoms with Crippen molar-refractivity contribution in [3.8, 4) is 0 Å². The number of halogens is 3. The number of carboxylic acid groups (broad SMARTS) is 1. The van der Waals surface area contributed by atoms with E-state index in [4.69, 9.17) is 5.11 Å². The molecule has 3 atom stereocenters. The number of carboxylic acids is 1. The number of amides is 1. The standard InChI is InChI=1S/C14H23F3N2O3/c1-8(2)4-5-18-12(20)9(3)19-6-10(13(21)22)11(7-19)14(15,16)17/h8-11H,4-7H2,1-3H3,(H,18,20)(H,21,22)/t9?,10-,11-/m1/s1. The SMILES string of the molecule is CC(C)CCNC(=O)C(C)N1C[C@@H](C(F)(F)F)[C@H](C(=O)O)C1. The van der Waals surface area contributed by atoms with Crippen molar-refractivity contribution in [2.45, 2.75) is 39.4 Å². The van der Waals surface area contributed by atoms with Crippen LogP contribution in [0.1, 0.15) is 27.2 Å². The number of likely N-dealkylation sites (tertiary alicyclic amines) is 1. The molecule has 1 unspecified atom stereocenters. The number of hydrogen-bond donors (Lipinski definition) is 2. The summed E-state index contributed by atoms with van der Waals surface area (Å²) in [5, 5.41) is 11.6. The van der Waals surface area contributed by atoms with Gasteiger partial charge in [-0.15, -0.1) is 0 Å². The Morgan fingerprint density at radius 1 is 1.27 bits per heavy atom. The number of alkyl halides is 3. The third-order valence-electron chi connectivity index (χ3n) is 4.03. The molecule has 0 aliphatic carbocycles. The lowest BCUT2D eigenvalue weighted by atomic mass is 9.96. The Bertz CT molecular complexity index is 413. The van der Waals surface area contributed by atoms with E-state index in [1.54, 1.807) is 0 Å². The number of nitrogens with one attached hydrogen (secondary N) is 1. The van der Waals surface area contributed by atoms with Crippen LogP contribution in [0.3, 0.4) is 0 Å². The second kappa shape index (κ2) is 7.30. The Morgan fingerprint density at radius 2 is 1.86 bits per heavy atom. The van der Waals surface area contributed by atoms with Gasteiger partial charge in [-0.25, -0.2) is 0 Å². The summed E-state index contributed by atoms with van der Waals surface area (Å²) in [4.78, 5) is 24.3. The second-order valence-corrected chi connectivity index (χ2v) is 6.20. The van der Waals surface area contributed by atoms with E-state index >= 15 is 0 Å². The lowest BCUT2D eigenvalue weighted by Gasteiger charge is -2.24. The molecule has 0 bridgehead atoms. The topological polar surface area (TPSA) is 69.6 Å². The van der Waals surface area contributed by atoms with Crippen molar-refractivity contribution < 1.29 is 27.9 Å². The maximum atomic E-state index is 12.9. The number of carbonyl (C=O) groups excluding carboxylic acids is 1. The molecular weight excluding hydrogens is 301 g/mol. The highest BCUT2D eigenvalue weighted by Crippen LogP contribution is 2.38. The molecule has 128 valence electrons. The van der Waals surface area contributed by atoms with Gasteiger partial charge in [-0.2, -0.15) is 13.2 Å². The van der Waals surface area contributed by atoms with Crippen LogP contribution in [0, 0.1) is 17.8 Å². The van der Waals surface area contributed by atoms with Crippen LogP contribution in [0.4, 0.5) is 13.2 Å². The van der Waals surface area contributed by atoms with Gasteiger partial charge in [0.05, 0.1) is 17.9 Å². The predicted octanol–water partition coefficient (Wildman–Crippen LogP) is 1.73. The fraction of sp³-hybridized carbons (Fsp3) is 0.857. The van der Waals surface area contributed by atoms with Crippen LogP contribution in [0.2, 0.25) is 0 Å². The van der Waals surface area contributed by atoms with E-state index in [1.807, 2.05) is 13.8 Å². The van der Waals surface area contributed by atoms with E-state index in [1.165, 1.54) is 11.8 Å². The molecule has 1 fully saturated rings. The summed E-state index contributed by atoms with van der Waals surface area (Å²) in [5.74, 6) is -4.89. The first-order valence-electron chi connectivity index (χ1n) is 7.35. The van der Waals surface area contributed by atoms with E-state index in [9.17, 15) is 22.8 Å². The molecule has 1 saturated heterocycles. The monoisotopic (exact) mass is 324 g/mol. The summed E-state index contributed by atoms with van der Waals surface area (Å²) in [5.41, 5.74) is 0. The summed E-state index contributed by atoms with van der Waals surface area (Å²) in [6.45, 7) is 5.24. The Balaban J connectivity index is 2.65. The van der Waals surface area contributed by atoms with Crippen LogP contribution < -0.4 is 5.32 Å². The highest BCUT2D eigenvalue weighted by molar-refractivity contribution is 5.81. The lowest BCUT2D eigenvalue weighted by molar-refractivity contribution is -0.188. The van der Waals surface area contributed by atoms with Crippen LogP contribution in [0.15, 0.2) is 0 Å². The van der Waals surface area contributed by atoms with Gasteiger partial charge in [0, 0.05) is 19.6 Å². The summed E-state index contributed by atoms with van der Waals surface area (Å²) >= 11 is 0. The van der Waals surface area contributed by atoms with Crippen LogP contribution in [-0.2, 0) is 9.59 Å². The van der Waals surface area contributed by atoms with Gasteiger partial charge in [0.2, 0.25) is 5.91 Å². The summed E-state index contributed by atoms with van der Waals surface area (Å²) in [6.07, 6.45) is -3.80.